The van der Waals surface area contributed by atoms with E-state index in [9.17, 15) is 9.59 Å². The Bertz CT molecular complexity index is 3320. The maximum absolute atomic E-state index is 14.1. The molecule has 0 amide bonds. The fourth-order valence-corrected chi connectivity index (χ4v) is 9.00. The smallest absolute Gasteiger partial charge is 0.197 e. The third kappa shape index (κ3) is 2.86. The minimum absolute atomic E-state index is 0.0425. The van der Waals surface area contributed by atoms with Crippen LogP contribution in [0.3, 0.4) is 0 Å². The Morgan fingerprint density at radius 3 is 1.16 bits per heavy atom. The van der Waals surface area contributed by atoms with Gasteiger partial charge in [0.1, 0.15) is 0 Å². The second-order valence-corrected chi connectivity index (χ2v) is 13.1. The van der Waals surface area contributed by atoms with E-state index in [2.05, 4.69) is 92.2 Å². The molecule has 0 atom stereocenters. The molecule has 5 nitrogen and oxygen atoms in total. The first-order valence-corrected chi connectivity index (χ1v) is 16.5. The van der Waals surface area contributed by atoms with Crippen molar-refractivity contribution >= 4 is 98.0 Å². The number of nitrogens with zero attached hydrogens (tertiary/aromatic N) is 3. The summed E-state index contributed by atoms with van der Waals surface area (Å²) in [5.41, 5.74) is 8.98. The molecule has 7 aromatic carbocycles. The van der Waals surface area contributed by atoms with Crippen molar-refractivity contribution in [3.63, 3.8) is 0 Å². The fourth-order valence-electron chi connectivity index (χ4n) is 9.00. The summed E-state index contributed by atoms with van der Waals surface area (Å²) >= 11 is 0. The number of pyridine rings is 2. The zero-order valence-corrected chi connectivity index (χ0v) is 25.9. The van der Waals surface area contributed by atoms with Gasteiger partial charge in [-0.3, -0.25) is 9.59 Å². The lowest BCUT2D eigenvalue weighted by molar-refractivity contribution is 1.21. The predicted molar refractivity (Wildman–Crippen MR) is 203 cm³/mol. The molecule has 226 valence electrons. The van der Waals surface area contributed by atoms with Gasteiger partial charge in [0.05, 0.1) is 49.8 Å². The van der Waals surface area contributed by atoms with E-state index in [0.29, 0.717) is 21.5 Å². The van der Waals surface area contributed by atoms with Gasteiger partial charge in [-0.15, -0.1) is 0 Å². The Morgan fingerprint density at radius 1 is 0.327 bits per heavy atom. The fraction of sp³-hybridized carbons (Fsp3) is 0. The van der Waals surface area contributed by atoms with Crippen molar-refractivity contribution in [2.45, 2.75) is 0 Å². The van der Waals surface area contributed by atoms with Crippen LogP contribution < -0.4 is 10.9 Å². The van der Waals surface area contributed by atoms with Gasteiger partial charge < -0.3 is 13.4 Å². The first-order valence-electron chi connectivity index (χ1n) is 16.5. The number of rotatable bonds is 1. The first kappa shape index (κ1) is 25.4. The van der Waals surface area contributed by atoms with Gasteiger partial charge in [-0.2, -0.15) is 0 Å². The highest BCUT2D eigenvalue weighted by Crippen LogP contribution is 2.47. The van der Waals surface area contributed by atoms with Crippen LogP contribution in [0.1, 0.15) is 0 Å². The van der Waals surface area contributed by atoms with Crippen molar-refractivity contribution < 1.29 is 0 Å². The minimum atomic E-state index is 0.0425. The Hall–Kier alpha value is -6.72. The largest absolute Gasteiger partial charge is 0.308 e. The van der Waals surface area contributed by atoms with Gasteiger partial charge >= 0.3 is 0 Å². The number of aromatic nitrogens is 3. The summed E-state index contributed by atoms with van der Waals surface area (Å²) in [5, 5.41) is 9.34. The molecule has 0 bridgehead atoms. The molecule has 0 saturated carbocycles. The lowest BCUT2D eigenvalue weighted by Crippen LogP contribution is -2.06. The van der Waals surface area contributed by atoms with Crippen LogP contribution in [-0.4, -0.2) is 13.4 Å². The van der Waals surface area contributed by atoms with Gasteiger partial charge in [0.2, 0.25) is 0 Å². The molecule has 0 N–H and O–H groups in total. The van der Waals surface area contributed by atoms with Crippen LogP contribution in [-0.2, 0) is 0 Å². The first-order chi connectivity index (χ1) is 24.2. The van der Waals surface area contributed by atoms with Gasteiger partial charge in [0.15, 0.2) is 10.9 Å². The summed E-state index contributed by atoms with van der Waals surface area (Å²) in [6.45, 7) is 0. The molecule has 12 aromatic rings. The van der Waals surface area contributed by atoms with Gasteiger partial charge in [-0.25, -0.2) is 0 Å². The highest BCUT2D eigenvalue weighted by atomic mass is 16.1. The van der Waals surface area contributed by atoms with E-state index < -0.39 is 0 Å². The number of hydrogen-bond donors (Lipinski definition) is 0. The number of fused-ring (bicyclic) bond motifs is 13. The maximum Gasteiger partial charge on any atom is 0.197 e. The van der Waals surface area contributed by atoms with Gasteiger partial charge in [0.25, 0.3) is 0 Å². The number of hydrogen-bond acceptors (Lipinski definition) is 2. The van der Waals surface area contributed by atoms with Crippen LogP contribution in [0.5, 0.6) is 0 Å². The predicted octanol–water partition coefficient (Wildman–Crippen LogP) is 9.80. The average Bonchev–Trinajstić information content (AvgIpc) is 3.79. The second kappa shape index (κ2) is 8.59. The van der Waals surface area contributed by atoms with Crippen molar-refractivity contribution in [1.82, 2.24) is 13.4 Å². The van der Waals surface area contributed by atoms with E-state index in [1.54, 1.807) is 0 Å². The maximum atomic E-state index is 14.1. The molecule has 5 heterocycles. The quantitative estimate of drug-likeness (QED) is 0.171. The molecule has 0 spiro atoms. The molecule has 12 rings (SSSR count). The van der Waals surface area contributed by atoms with Crippen molar-refractivity contribution in [2.24, 2.45) is 0 Å². The molecule has 0 aliphatic heterocycles. The van der Waals surface area contributed by atoms with E-state index in [-0.39, 0.29) is 10.9 Å². The SMILES string of the molecule is O=c1c2ccccc2n2c3cc4c(c(-n5c6ccccc6c6ccccc65)c3c3cccc1c32)c1cccc2c(=O)c3ccccc3n4c21. The van der Waals surface area contributed by atoms with Crippen molar-refractivity contribution in [3.8, 4) is 5.69 Å². The van der Waals surface area contributed by atoms with Crippen LogP contribution in [0, 0.1) is 0 Å². The Morgan fingerprint density at radius 2 is 0.694 bits per heavy atom. The molecular formula is C44H23N3O2. The van der Waals surface area contributed by atoms with Crippen molar-refractivity contribution in [1.29, 1.82) is 0 Å². The molecule has 49 heavy (non-hydrogen) atoms. The van der Waals surface area contributed by atoms with Crippen LogP contribution in [0.2, 0.25) is 0 Å². The van der Waals surface area contributed by atoms with Crippen LogP contribution in [0.25, 0.3) is 104 Å². The zero-order chi connectivity index (χ0) is 32.1. The summed E-state index contributed by atoms with van der Waals surface area (Å²) in [5.74, 6) is 0. The van der Waals surface area contributed by atoms with E-state index >= 15 is 0 Å². The van der Waals surface area contributed by atoms with Gasteiger partial charge in [-0.05, 0) is 54.6 Å². The lowest BCUT2D eigenvalue weighted by Gasteiger charge is -2.13. The van der Waals surface area contributed by atoms with Gasteiger partial charge in [0, 0.05) is 53.9 Å². The zero-order valence-electron chi connectivity index (χ0n) is 25.9. The van der Waals surface area contributed by atoms with E-state index in [0.717, 1.165) is 71.4 Å². The molecule has 5 heteroatoms. The van der Waals surface area contributed by atoms with Crippen molar-refractivity contribution in [3.05, 3.63) is 160 Å². The Balaban J connectivity index is 1.50. The Labute approximate surface area is 276 Å². The van der Waals surface area contributed by atoms with E-state index in [1.165, 1.54) is 10.8 Å². The molecule has 0 saturated heterocycles. The van der Waals surface area contributed by atoms with Crippen molar-refractivity contribution in [2.75, 3.05) is 0 Å². The highest BCUT2D eigenvalue weighted by Gasteiger charge is 2.27. The van der Waals surface area contributed by atoms with E-state index in [1.807, 2.05) is 60.7 Å². The monoisotopic (exact) mass is 625 g/mol. The topological polar surface area (TPSA) is 47.9 Å². The standard InChI is InChI=1S/C44H23N3O2/c48-43-26-13-3-7-21-34(26)46-36-23-37-39(29-16-10-18-31-41(29)47(37)35-22-8-4-14-27(35)44(31)49)42(38(36)28-15-9-17-30(43)40(28)46)45-32-19-5-1-11-24(32)25-12-2-6-20-33(25)45/h1-23H. The van der Waals surface area contributed by atoms with Crippen LogP contribution in [0.15, 0.2) is 149 Å². The normalized spacial score (nSPS) is 12.7. The lowest BCUT2D eigenvalue weighted by atomic mass is 10.0. The van der Waals surface area contributed by atoms with Crippen LogP contribution >= 0.6 is 0 Å². The third-order valence-corrected chi connectivity index (χ3v) is 10.9. The minimum Gasteiger partial charge on any atom is -0.308 e. The summed E-state index contributed by atoms with van der Waals surface area (Å²) in [4.78, 5) is 28.1. The summed E-state index contributed by atoms with van der Waals surface area (Å²) < 4.78 is 7.00. The van der Waals surface area contributed by atoms with Gasteiger partial charge in [-0.1, -0.05) is 84.9 Å². The molecule has 0 radical (unpaired) electrons. The summed E-state index contributed by atoms with van der Waals surface area (Å²) in [7, 11) is 0. The summed E-state index contributed by atoms with van der Waals surface area (Å²) in [6, 6.07) is 47.6. The molecule has 0 aliphatic rings. The number of benzene rings is 7. The van der Waals surface area contributed by atoms with E-state index in [4.69, 9.17) is 0 Å². The molecular weight excluding hydrogens is 603 g/mol. The Kier molecular flexibility index (Phi) is 4.45. The number of para-hydroxylation sites is 6. The molecule has 0 fully saturated rings. The summed E-state index contributed by atoms with van der Waals surface area (Å²) in [6.07, 6.45) is 0. The molecule has 0 unspecified atom stereocenters. The average molecular weight is 626 g/mol. The molecule has 5 aromatic heterocycles. The second-order valence-electron chi connectivity index (χ2n) is 13.1. The third-order valence-electron chi connectivity index (χ3n) is 10.9. The highest BCUT2D eigenvalue weighted by molar-refractivity contribution is 6.30. The van der Waals surface area contributed by atoms with Crippen LogP contribution in [0.4, 0.5) is 0 Å². The molecule has 0 aliphatic carbocycles.